The maximum atomic E-state index is 10.4. The van der Waals surface area contributed by atoms with Crippen LogP contribution in [0.3, 0.4) is 0 Å². The molecule has 0 aromatic heterocycles. The van der Waals surface area contributed by atoms with Gasteiger partial charge in [-0.3, -0.25) is 4.79 Å². The second-order valence-corrected chi connectivity index (χ2v) is 10.3. The Morgan fingerprint density at radius 3 is 2.21 bits per heavy atom. The molecule has 0 spiro atoms. The van der Waals surface area contributed by atoms with Gasteiger partial charge < -0.3 is 9.33 Å². The van der Waals surface area contributed by atoms with Gasteiger partial charge in [-0.15, -0.1) is 0 Å². The number of nitrogens with zero attached hydrogens (tertiary/aromatic N) is 1. The van der Waals surface area contributed by atoms with E-state index in [4.69, 9.17) is 4.43 Å². The quantitative estimate of drug-likeness (QED) is 0.531. The van der Waals surface area contributed by atoms with Gasteiger partial charge in [0.1, 0.15) is 0 Å². The molecule has 0 radical (unpaired) electrons. The molecule has 0 aliphatic carbocycles. The molecule has 1 heterocycles. The highest BCUT2D eigenvalue weighted by Gasteiger charge is 2.41. The van der Waals surface area contributed by atoms with Crippen LogP contribution in [0.1, 0.15) is 20.8 Å². The fourth-order valence-electron chi connectivity index (χ4n) is 1.22. The maximum Gasteiger partial charge on any atom is 0.209 e. The van der Waals surface area contributed by atoms with E-state index in [0.29, 0.717) is 0 Å². The van der Waals surface area contributed by atoms with Crippen LogP contribution in [0.4, 0.5) is 0 Å². The smallest absolute Gasteiger partial charge is 0.209 e. The lowest BCUT2D eigenvalue weighted by atomic mass is 10.2. The fourth-order valence-corrected chi connectivity index (χ4v) is 2.56. The molecule has 0 unspecified atom stereocenters. The summed E-state index contributed by atoms with van der Waals surface area (Å²) in [6.45, 7) is 12.7. The van der Waals surface area contributed by atoms with E-state index in [9.17, 15) is 4.79 Å². The standard InChI is InChI=1S/C10H21NO2Si/c1-10(2,3)14(4,5)13-9-6-11(7-9)8-12/h8-9H,6-7H2,1-5H3. The lowest BCUT2D eigenvalue weighted by molar-refractivity contribution is -0.126. The van der Waals surface area contributed by atoms with E-state index >= 15 is 0 Å². The predicted molar refractivity (Wildman–Crippen MR) is 59.7 cm³/mol. The first-order valence-corrected chi connectivity index (χ1v) is 8.04. The summed E-state index contributed by atoms with van der Waals surface area (Å²) in [4.78, 5) is 12.1. The number of hydrogen-bond donors (Lipinski definition) is 0. The molecule has 1 fully saturated rings. The normalized spacial score (nSPS) is 19.4. The van der Waals surface area contributed by atoms with Crippen LogP contribution in [0.5, 0.6) is 0 Å². The van der Waals surface area contributed by atoms with Crippen molar-refractivity contribution in [2.75, 3.05) is 13.1 Å². The summed E-state index contributed by atoms with van der Waals surface area (Å²) >= 11 is 0. The van der Waals surface area contributed by atoms with Gasteiger partial charge in [-0.25, -0.2) is 0 Å². The SMILES string of the molecule is CC(C)(C)[Si](C)(C)OC1CN(C=O)C1. The molecular weight excluding hydrogens is 194 g/mol. The molecule has 14 heavy (non-hydrogen) atoms. The van der Waals surface area contributed by atoms with Crippen molar-refractivity contribution in [2.24, 2.45) is 0 Å². The van der Waals surface area contributed by atoms with E-state index in [1.54, 1.807) is 4.90 Å². The van der Waals surface area contributed by atoms with E-state index < -0.39 is 8.32 Å². The minimum absolute atomic E-state index is 0.259. The summed E-state index contributed by atoms with van der Waals surface area (Å²) in [5.74, 6) is 0. The first-order valence-electron chi connectivity index (χ1n) is 5.13. The molecule has 1 saturated heterocycles. The van der Waals surface area contributed by atoms with Crippen LogP contribution in [0, 0.1) is 0 Å². The van der Waals surface area contributed by atoms with Crippen molar-refractivity contribution in [3.8, 4) is 0 Å². The van der Waals surface area contributed by atoms with Gasteiger partial charge in [0.15, 0.2) is 8.32 Å². The Balaban J connectivity index is 2.42. The highest BCUT2D eigenvalue weighted by Crippen LogP contribution is 2.38. The zero-order valence-electron chi connectivity index (χ0n) is 9.83. The second kappa shape index (κ2) is 3.66. The van der Waals surface area contributed by atoms with Crippen LogP contribution in [-0.2, 0) is 9.22 Å². The van der Waals surface area contributed by atoms with E-state index in [0.717, 1.165) is 19.5 Å². The van der Waals surface area contributed by atoms with Gasteiger partial charge in [0.25, 0.3) is 0 Å². The Labute approximate surface area is 87.6 Å². The van der Waals surface area contributed by atoms with Crippen LogP contribution in [-0.4, -0.2) is 38.8 Å². The van der Waals surface area contributed by atoms with Gasteiger partial charge in [0, 0.05) is 13.1 Å². The molecule has 0 aromatic carbocycles. The van der Waals surface area contributed by atoms with Gasteiger partial charge in [-0.2, -0.15) is 0 Å². The summed E-state index contributed by atoms with van der Waals surface area (Å²) in [7, 11) is -1.62. The average Bonchev–Trinajstić information content (AvgIpc) is 1.93. The topological polar surface area (TPSA) is 29.5 Å². The van der Waals surface area contributed by atoms with Crippen molar-refractivity contribution >= 4 is 14.7 Å². The van der Waals surface area contributed by atoms with Crippen molar-refractivity contribution in [3.05, 3.63) is 0 Å². The van der Waals surface area contributed by atoms with Gasteiger partial charge in [-0.1, -0.05) is 20.8 Å². The summed E-state index contributed by atoms with van der Waals surface area (Å²) in [5, 5.41) is 0.259. The molecule has 1 rings (SSSR count). The molecule has 4 heteroatoms. The maximum absolute atomic E-state index is 10.4. The van der Waals surface area contributed by atoms with Gasteiger partial charge in [-0.05, 0) is 18.1 Å². The van der Waals surface area contributed by atoms with Crippen molar-refractivity contribution in [1.29, 1.82) is 0 Å². The minimum Gasteiger partial charge on any atom is -0.410 e. The number of likely N-dealkylation sites (tertiary alicyclic amines) is 1. The van der Waals surface area contributed by atoms with Crippen molar-refractivity contribution in [2.45, 2.75) is 45.0 Å². The molecule has 0 N–H and O–H groups in total. The van der Waals surface area contributed by atoms with Crippen molar-refractivity contribution in [1.82, 2.24) is 4.90 Å². The number of carbonyl (C=O) groups is 1. The van der Waals surface area contributed by atoms with Crippen LogP contribution >= 0.6 is 0 Å². The monoisotopic (exact) mass is 215 g/mol. The molecule has 0 atom stereocenters. The predicted octanol–water partition coefficient (Wildman–Crippen LogP) is 1.85. The van der Waals surface area contributed by atoms with E-state index in [-0.39, 0.29) is 11.1 Å². The lowest BCUT2D eigenvalue weighted by Gasteiger charge is -2.45. The van der Waals surface area contributed by atoms with Crippen LogP contribution in [0.2, 0.25) is 18.1 Å². The second-order valence-electron chi connectivity index (χ2n) is 5.56. The highest BCUT2D eigenvalue weighted by atomic mass is 28.4. The number of carbonyl (C=O) groups excluding carboxylic acids is 1. The first kappa shape index (κ1) is 11.7. The first-order chi connectivity index (χ1) is 6.26. The third-order valence-corrected chi connectivity index (χ3v) is 7.83. The summed E-state index contributed by atoms with van der Waals surface area (Å²) < 4.78 is 6.11. The largest absolute Gasteiger partial charge is 0.410 e. The third kappa shape index (κ3) is 2.36. The third-order valence-electron chi connectivity index (χ3n) is 3.29. The summed E-state index contributed by atoms with van der Waals surface area (Å²) in [5.41, 5.74) is 0. The molecule has 3 nitrogen and oxygen atoms in total. The van der Waals surface area contributed by atoms with E-state index in [1.807, 2.05) is 0 Å². The fraction of sp³-hybridized carbons (Fsp3) is 0.900. The molecule has 0 saturated carbocycles. The molecular formula is C10H21NO2Si. The Morgan fingerprint density at radius 2 is 1.86 bits per heavy atom. The number of hydrogen-bond acceptors (Lipinski definition) is 2. The molecule has 1 aliphatic rings. The Morgan fingerprint density at radius 1 is 1.36 bits per heavy atom. The number of rotatable bonds is 3. The Hall–Kier alpha value is -0.353. The Kier molecular flexibility index (Phi) is 3.06. The molecule has 1 amide bonds. The zero-order valence-corrected chi connectivity index (χ0v) is 10.8. The van der Waals surface area contributed by atoms with Crippen molar-refractivity contribution < 1.29 is 9.22 Å². The molecule has 1 aliphatic heterocycles. The van der Waals surface area contributed by atoms with Crippen LogP contribution in [0.15, 0.2) is 0 Å². The molecule has 0 aromatic rings. The molecule has 82 valence electrons. The number of amides is 1. The van der Waals surface area contributed by atoms with Crippen molar-refractivity contribution in [3.63, 3.8) is 0 Å². The summed E-state index contributed by atoms with van der Waals surface area (Å²) in [6.07, 6.45) is 1.17. The van der Waals surface area contributed by atoms with Crippen LogP contribution in [0.25, 0.3) is 0 Å². The van der Waals surface area contributed by atoms with Crippen LogP contribution < -0.4 is 0 Å². The zero-order chi connectivity index (χ0) is 11.0. The highest BCUT2D eigenvalue weighted by molar-refractivity contribution is 6.74. The Bertz CT molecular complexity index is 217. The van der Waals surface area contributed by atoms with Gasteiger partial charge in [0.05, 0.1) is 6.10 Å². The minimum atomic E-state index is -1.62. The molecule has 0 bridgehead atoms. The lowest BCUT2D eigenvalue weighted by Crippen LogP contribution is -2.57. The summed E-state index contributed by atoms with van der Waals surface area (Å²) in [6, 6.07) is 0. The van der Waals surface area contributed by atoms with E-state index in [1.165, 1.54) is 0 Å². The van der Waals surface area contributed by atoms with E-state index in [2.05, 4.69) is 33.9 Å². The van der Waals surface area contributed by atoms with Gasteiger partial charge >= 0.3 is 0 Å². The average molecular weight is 215 g/mol. The van der Waals surface area contributed by atoms with Gasteiger partial charge in [0.2, 0.25) is 6.41 Å².